The normalized spacial score (nSPS) is 14.8. The van der Waals surface area contributed by atoms with E-state index < -0.39 is 11.9 Å². The molecule has 5 nitrogen and oxygen atoms in total. The van der Waals surface area contributed by atoms with Crippen LogP contribution in [-0.2, 0) is 24.2 Å². The minimum Gasteiger partial charge on any atom is -0.489 e. The van der Waals surface area contributed by atoms with Gasteiger partial charge >= 0.3 is 11.9 Å². The number of hydrogen-bond donors (Lipinski definition) is 2. The van der Waals surface area contributed by atoms with Crippen molar-refractivity contribution in [3.05, 3.63) is 100 Å². The lowest BCUT2D eigenvalue weighted by atomic mass is 9.72. The Morgan fingerprint density at radius 1 is 0.953 bits per heavy atom. The van der Waals surface area contributed by atoms with Gasteiger partial charge in [0.2, 0.25) is 0 Å². The molecule has 3 aromatic carbocycles. The standard InChI is InChI=1S/C38H44O5/c1-27(2)15-16-28-17-19-29(20-18-28)26-43-36-13-7-6-10-31(36)22-21-30(9-4-3-5-14-37(39)40)34-12-8-11-32-25-33(38(41)42)23-24-35(32)34/h6-7,10,13,17-20,23-25,27,30,34H,3-5,8-9,11-12,14,21-22,26H2,1-2H3,(H,39,40)(H,41,42)/t30-,34?/m0/s1. The van der Waals surface area contributed by atoms with E-state index in [1.807, 2.05) is 36.4 Å². The van der Waals surface area contributed by atoms with E-state index >= 15 is 0 Å². The number of ether oxygens (including phenoxy) is 1. The molecule has 0 radical (unpaired) electrons. The zero-order valence-electron chi connectivity index (χ0n) is 25.5. The van der Waals surface area contributed by atoms with E-state index in [1.54, 1.807) is 6.07 Å². The van der Waals surface area contributed by atoms with Crippen LogP contribution < -0.4 is 4.74 Å². The molecule has 0 amide bonds. The molecule has 0 saturated carbocycles. The van der Waals surface area contributed by atoms with Crippen LogP contribution in [-0.4, -0.2) is 22.2 Å². The number of benzene rings is 3. The highest BCUT2D eigenvalue weighted by molar-refractivity contribution is 5.88. The molecular formula is C38H44O5. The first kappa shape index (κ1) is 31.9. The molecule has 0 saturated heterocycles. The molecule has 2 atom stereocenters. The summed E-state index contributed by atoms with van der Waals surface area (Å²) in [5.74, 6) is 6.83. The fraction of sp³-hybridized carbons (Fsp3) is 0.421. The summed E-state index contributed by atoms with van der Waals surface area (Å²) < 4.78 is 6.32. The molecule has 2 N–H and O–H groups in total. The second-order valence-corrected chi connectivity index (χ2v) is 12.0. The summed E-state index contributed by atoms with van der Waals surface area (Å²) in [4.78, 5) is 22.6. The molecule has 3 aromatic rings. The van der Waals surface area contributed by atoms with Crippen LogP contribution in [0.25, 0.3) is 0 Å². The predicted octanol–water partition coefficient (Wildman–Crippen LogP) is 8.68. The quantitative estimate of drug-likeness (QED) is 0.147. The summed E-state index contributed by atoms with van der Waals surface area (Å²) in [6.45, 7) is 4.66. The van der Waals surface area contributed by atoms with Gasteiger partial charge in [0.25, 0.3) is 0 Å². The number of aromatic carboxylic acids is 1. The minimum absolute atomic E-state index is 0.216. The maximum Gasteiger partial charge on any atom is 0.335 e. The highest BCUT2D eigenvalue weighted by Gasteiger charge is 2.28. The van der Waals surface area contributed by atoms with Crippen molar-refractivity contribution < 1.29 is 24.5 Å². The Bertz CT molecular complexity index is 1430. The number of aliphatic carboxylic acids is 1. The SMILES string of the molecule is CC(C)C#Cc1ccc(COc2ccccc2CC[C@H](CCCCCC(=O)O)C2CCCc3cc(C(=O)O)ccc32)cc1. The van der Waals surface area contributed by atoms with Crippen molar-refractivity contribution in [1.82, 2.24) is 0 Å². The number of aryl methyl sites for hydroxylation is 2. The third-order valence-electron chi connectivity index (χ3n) is 8.40. The van der Waals surface area contributed by atoms with Crippen LogP contribution in [0, 0.1) is 23.7 Å². The van der Waals surface area contributed by atoms with Gasteiger partial charge in [-0.3, -0.25) is 4.79 Å². The van der Waals surface area contributed by atoms with Crippen molar-refractivity contribution in [1.29, 1.82) is 0 Å². The van der Waals surface area contributed by atoms with Crippen LogP contribution in [0.15, 0.2) is 66.7 Å². The number of carbonyl (C=O) groups is 2. The average Bonchev–Trinajstić information content (AvgIpc) is 3.00. The molecule has 0 aromatic heterocycles. The lowest BCUT2D eigenvalue weighted by molar-refractivity contribution is -0.137. The highest BCUT2D eigenvalue weighted by Crippen LogP contribution is 2.42. The van der Waals surface area contributed by atoms with Crippen molar-refractivity contribution >= 4 is 11.9 Å². The zero-order valence-corrected chi connectivity index (χ0v) is 25.5. The molecule has 1 aliphatic rings. The van der Waals surface area contributed by atoms with Gasteiger partial charge in [-0.25, -0.2) is 4.79 Å². The van der Waals surface area contributed by atoms with Gasteiger partial charge in [0.1, 0.15) is 12.4 Å². The number of rotatable bonds is 14. The molecule has 0 aliphatic heterocycles. The van der Waals surface area contributed by atoms with Gasteiger partial charge < -0.3 is 14.9 Å². The number of hydrogen-bond acceptors (Lipinski definition) is 3. The molecule has 1 unspecified atom stereocenters. The molecule has 0 fully saturated rings. The first-order chi connectivity index (χ1) is 20.8. The highest BCUT2D eigenvalue weighted by atomic mass is 16.5. The van der Waals surface area contributed by atoms with Crippen molar-refractivity contribution in [3.63, 3.8) is 0 Å². The van der Waals surface area contributed by atoms with Gasteiger partial charge in [-0.2, -0.15) is 0 Å². The molecule has 43 heavy (non-hydrogen) atoms. The number of carboxylic acid groups (broad SMARTS) is 2. The first-order valence-electron chi connectivity index (χ1n) is 15.7. The Labute approximate surface area is 256 Å². The summed E-state index contributed by atoms with van der Waals surface area (Å²) in [6, 6.07) is 22.2. The fourth-order valence-corrected chi connectivity index (χ4v) is 6.15. The van der Waals surface area contributed by atoms with E-state index in [9.17, 15) is 14.7 Å². The molecule has 4 rings (SSSR count). The fourth-order valence-electron chi connectivity index (χ4n) is 6.15. The van der Waals surface area contributed by atoms with E-state index in [0.29, 0.717) is 36.3 Å². The van der Waals surface area contributed by atoms with Crippen molar-refractivity contribution in [2.45, 2.75) is 90.6 Å². The largest absolute Gasteiger partial charge is 0.489 e. The Balaban J connectivity index is 1.45. The topological polar surface area (TPSA) is 83.8 Å². The van der Waals surface area contributed by atoms with E-state index in [2.05, 4.69) is 50.0 Å². The summed E-state index contributed by atoms with van der Waals surface area (Å²) >= 11 is 0. The molecule has 0 spiro atoms. The van der Waals surface area contributed by atoms with Crippen molar-refractivity contribution in [3.8, 4) is 17.6 Å². The van der Waals surface area contributed by atoms with Crippen LogP contribution in [0.2, 0.25) is 0 Å². The van der Waals surface area contributed by atoms with Gasteiger partial charge in [-0.1, -0.05) is 74.9 Å². The van der Waals surface area contributed by atoms with Gasteiger partial charge in [-0.05, 0) is 109 Å². The van der Waals surface area contributed by atoms with E-state index in [0.717, 1.165) is 73.8 Å². The molecule has 1 aliphatic carbocycles. The maximum atomic E-state index is 11.6. The van der Waals surface area contributed by atoms with Gasteiger partial charge in [0.05, 0.1) is 5.56 Å². The number of para-hydroxylation sites is 1. The van der Waals surface area contributed by atoms with Crippen molar-refractivity contribution in [2.24, 2.45) is 11.8 Å². The Hall–Kier alpha value is -4.04. The number of fused-ring (bicyclic) bond motifs is 1. The maximum absolute atomic E-state index is 11.6. The summed E-state index contributed by atoms with van der Waals surface area (Å²) in [5, 5.41) is 18.6. The zero-order chi connectivity index (χ0) is 30.6. The lowest BCUT2D eigenvalue weighted by Crippen LogP contribution is -2.20. The van der Waals surface area contributed by atoms with Crippen LogP contribution in [0.5, 0.6) is 5.75 Å². The number of carboxylic acids is 2. The van der Waals surface area contributed by atoms with Crippen molar-refractivity contribution in [2.75, 3.05) is 0 Å². The Morgan fingerprint density at radius 3 is 2.49 bits per heavy atom. The third kappa shape index (κ3) is 9.75. The summed E-state index contributed by atoms with van der Waals surface area (Å²) in [5.41, 5.74) is 6.11. The first-order valence-corrected chi connectivity index (χ1v) is 15.7. The molecule has 0 bridgehead atoms. The van der Waals surface area contributed by atoms with E-state index in [1.165, 1.54) is 11.1 Å². The second-order valence-electron chi connectivity index (χ2n) is 12.0. The van der Waals surface area contributed by atoms with Gasteiger partial charge in [-0.15, -0.1) is 0 Å². The minimum atomic E-state index is -0.882. The molecule has 0 heterocycles. The van der Waals surface area contributed by atoms with E-state index in [-0.39, 0.29) is 6.42 Å². The molecule has 226 valence electrons. The summed E-state index contributed by atoms with van der Waals surface area (Å²) in [7, 11) is 0. The summed E-state index contributed by atoms with van der Waals surface area (Å²) in [6.07, 6.45) is 8.79. The smallest absolute Gasteiger partial charge is 0.335 e. The average molecular weight is 581 g/mol. The molecular weight excluding hydrogens is 536 g/mol. The Morgan fingerprint density at radius 2 is 1.74 bits per heavy atom. The Kier molecular flexibility index (Phi) is 11.9. The lowest BCUT2D eigenvalue weighted by Gasteiger charge is -2.33. The van der Waals surface area contributed by atoms with Crippen LogP contribution >= 0.6 is 0 Å². The van der Waals surface area contributed by atoms with Crippen LogP contribution in [0.3, 0.4) is 0 Å². The third-order valence-corrected chi connectivity index (χ3v) is 8.40. The number of unbranched alkanes of at least 4 members (excludes halogenated alkanes) is 2. The van der Waals surface area contributed by atoms with Crippen LogP contribution in [0.4, 0.5) is 0 Å². The monoisotopic (exact) mass is 580 g/mol. The van der Waals surface area contributed by atoms with Crippen LogP contribution in [0.1, 0.15) is 109 Å². The molecule has 5 heteroatoms. The van der Waals surface area contributed by atoms with Gasteiger partial charge in [0, 0.05) is 17.9 Å². The predicted molar refractivity (Wildman–Crippen MR) is 171 cm³/mol. The van der Waals surface area contributed by atoms with Gasteiger partial charge in [0.15, 0.2) is 0 Å². The second kappa shape index (κ2) is 16.0. The van der Waals surface area contributed by atoms with E-state index in [4.69, 9.17) is 9.84 Å².